The van der Waals surface area contributed by atoms with Gasteiger partial charge in [-0.15, -0.1) is 12.4 Å². The average Bonchev–Trinajstić information content (AvgIpc) is 2.90. The van der Waals surface area contributed by atoms with Gasteiger partial charge in [-0.25, -0.2) is 21.6 Å². The minimum absolute atomic E-state index is 0. The van der Waals surface area contributed by atoms with Gasteiger partial charge in [0.05, 0.1) is 0 Å². The highest BCUT2D eigenvalue weighted by molar-refractivity contribution is 7.89. The summed E-state index contributed by atoms with van der Waals surface area (Å²) in [5.74, 6) is -3.82. The second kappa shape index (κ2) is 5.99. The monoisotopic (exact) mass is 356 g/mol. The van der Waals surface area contributed by atoms with Crippen molar-refractivity contribution in [2.45, 2.75) is 23.8 Å². The molecular weight excluding hydrogens is 341 g/mol. The molecule has 0 aromatic heterocycles. The number of nitrogens with two attached hydrogens (primary N) is 1. The van der Waals surface area contributed by atoms with E-state index in [-0.39, 0.29) is 43.4 Å². The Hall–Kier alpha value is -0.830. The summed E-state index contributed by atoms with van der Waals surface area (Å²) in [6.45, 7) is 0.362. The van der Waals surface area contributed by atoms with Crippen LogP contribution in [-0.2, 0) is 10.0 Å². The minimum atomic E-state index is -4.32. The second-order valence-corrected chi connectivity index (χ2v) is 7.56. The van der Waals surface area contributed by atoms with E-state index >= 15 is 0 Å². The molecule has 1 aliphatic carbocycles. The highest BCUT2D eigenvalue weighted by atomic mass is 35.5. The van der Waals surface area contributed by atoms with Crippen LogP contribution in [0.1, 0.15) is 12.8 Å². The molecule has 0 bridgehead atoms. The SMILES string of the molecule is Cl.NC1CCC2CN(S(=O)(=O)c3c(F)cc(F)cc3F)CC12. The van der Waals surface area contributed by atoms with Crippen molar-refractivity contribution in [3.05, 3.63) is 29.6 Å². The predicted octanol–water partition coefficient (Wildman–Crippen LogP) is 1.88. The summed E-state index contributed by atoms with van der Waals surface area (Å²) < 4.78 is 66.2. The molecule has 1 aliphatic heterocycles. The van der Waals surface area contributed by atoms with E-state index in [0.29, 0.717) is 12.1 Å². The zero-order chi connectivity index (χ0) is 15.4. The summed E-state index contributed by atoms with van der Waals surface area (Å²) in [5.41, 5.74) is 5.92. The number of hydrogen-bond donors (Lipinski definition) is 1. The van der Waals surface area contributed by atoms with Gasteiger partial charge in [-0.2, -0.15) is 4.31 Å². The number of fused-ring (bicyclic) bond motifs is 1. The molecule has 0 spiro atoms. The maximum absolute atomic E-state index is 13.7. The fourth-order valence-electron chi connectivity index (χ4n) is 3.37. The van der Waals surface area contributed by atoms with Crippen LogP contribution < -0.4 is 5.73 Å². The molecule has 3 atom stereocenters. The fourth-order valence-corrected chi connectivity index (χ4v) is 4.99. The third-order valence-electron chi connectivity index (χ3n) is 4.44. The van der Waals surface area contributed by atoms with Crippen molar-refractivity contribution < 1.29 is 21.6 Å². The van der Waals surface area contributed by atoms with Crippen molar-refractivity contribution in [3.63, 3.8) is 0 Å². The van der Waals surface area contributed by atoms with Crippen LogP contribution >= 0.6 is 12.4 Å². The fraction of sp³-hybridized carbons (Fsp3) is 0.538. The predicted molar refractivity (Wildman–Crippen MR) is 76.5 cm³/mol. The van der Waals surface area contributed by atoms with Gasteiger partial charge >= 0.3 is 0 Å². The molecule has 4 nitrogen and oxygen atoms in total. The van der Waals surface area contributed by atoms with E-state index in [1.54, 1.807) is 0 Å². The van der Waals surface area contributed by atoms with Crippen LogP contribution in [0.2, 0.25) is 0 Å². The molecule has 124 valence electrons. The molecule has 0 amide bonds. The lowest BCUT2D eigenvalue weighted by Gasteiger charge is -2.19. The van der Waals surface area contributed by atoms with Crippen LogP contribution in [0.5, 0.6) is 0 Å². The zero-order valence-corrected chi connectivity index (χ0v) is 13.1. The zero-order valence-electron chi connectivity index (χ0n) is 11.5. The van der Waals surface area contributed by atoms with Crippen LogP contribution in [0.3, 0.4) is 0 Å². The van der Waals surface area contributed by atoms with E-state index in [0.717, 1.165) is 17.1 Å². The largest absolute Gasteiger partial charge is 0.327 e. The Morgan fingerprint density at radius 2 is 1.68 bits per heavy atom. The maximum atomic E-state index is 13.7. The third kappa shape index (κ3) is 2.73. The summed E-state index contributed by atoms with van der Waals surface area (Å²) >= 11 is 0. The maximum Gasteiger partial charge on any atom is 0.248 e. The molecule has 1 saturated carbocycles. The molecule has 1 saturated heterocycles. The number of benzene rings is 1. The van der Waals surface area contributed by atoms with Gasteiger partial charge < -0.3 is 5.73 Å². The quantitative estimate of drug-likeness (QED) is 0.880. The summed E-state index contributed by atoms with van der Waals surface area (Å²) in [7, 11) is -4.32. The van der Waals surface area contributed by atoms with E-state index in [9.17, 15) is 21.6 Å². The number of hydrogen-bond acceptors (Lipinski definition) is 3. The molecule has 2 fully saturated rings. The lowest BCUT2D eigenvalue weighted by Crippen LogP contribution is -2.34. The Morgan fingerprint density at radius 1 is 1.09 bits per heavy atom. The second-order valence-electron chi connectivity index (χ2n) is 5.69. The van der Waals surface area contributed by atoms with E-state index in [4.69, 9.17) is 5.73 Å². The van der Waals surface area contributed by atoms with Gasteiger partial charge in [0.1, 0.15) is 17.5 Å². The van der Waals surface area contributed by atoms with E-state index < -0.39 is 32.4 Å². The molecule has 3 rings (SSSR count). The first kappa shape index (κ1) is 17.5. The average molecular weight is 357 g/mol. The van der Waals surface area contributed by atoms with Crippen LogP contribution in [0, 0.1) is 29.3 Å². The van der Waals surface area contributed by atoms with Crippen molar-refractivity contribution in [2.75, 3.05) is 13.1 Å². The highest BCUT2D eigenvalue weighted by Crippen LogP contribution is 2.39. The Labute approximate surface area is 132 Å². The molecule has 3 unspecified atom stereocenters. The molecule has 2 N–H and O–H groups in total. The standard InChI is InChI=1S/C13H15F3N2O2S.ClH/c14-8-3-10(15)13(11(16)4-8)21(19,20)18-5-7-1-2-12(17)9(7)6-18;/h3-4,7,9,12H,1-2,5-6,17H2;1H. The molecule has 1 aromatic rings. The molecule has 22 heavy (non-hydrogen) atoms. The first-order valence-corrected chi connectivity index (χ1v) is 8.15. The smallest absolute Gasteiger partial charge is 0.248 e. The Kier molecular flexibility index (Phi) is 4.77. The summed E-state index contributed by atoms with van der Waals surface area (Å²) in [4.78, 5) is -1.09. The van der Waals surface area contributed by atoms with Gasteiger partial charge in [-0.1, -0.05) is 0 Å². The number of rotatable bonds is 2. The van der Waals surface area contributed by atoms with Gasteiger partial charge in [0.15, 0.2) is 4.90 Å². The molecule has 9 heteroatoms. The van der Waals surface area contributed by atoms with E-state index in [1.807, 2.05) is 0 Å². The highest BCUT2D eigenvalue weighted by Gasteiger charge is 2.46. The Bertz CT molecular complexity index is 663. The summed E-state index contributed by atoms with van der Waals surface area (Å²) in [6, 6.07) is 0.662. The molecule has 2 aliphatic rings. The summed E-state index contributed by atoms with van der Waals surface area (Å²) in [6.07, 6.45) is 1.65. The van der Waals surface area contributed by atoms with Gasteiger partial charge in [0.25, 0.3) is 0 Å². The van der Waals surface area contributed by atoms with Crippen LogP contribution in [0.15, 0.2) is 17.0 Å². The lowest BCUT2D eigenvalue weighted by molar-refractivity contribution is 0.417. The lowest BCUT2D eigenvalue weighted by atomic mass is 9.98. The molecular formula is C13H16ClF3N2O2S. The van der Waals surface area contributed by atoms with E-state index in [2.05, 4.69) is 0 Å². The van der Waals surface area contributed by atoms with Crippen molar-refractivity contribution in [2.24, 2.45) is 17.6 Å². The number of nitrogens with zero attached hydrogens (tertiary/aromatic N) is 1. The Morgan fingerprint density at radius 3 is 2.23 bits per heavy atom. The van der Waals surface area contributed by atoms with Crippen LogP contribution in [-0.4, -0.2) is 31.9 Å². The van der Waals surface area contributed by atoms with Crippen LogP contribution in [0.25, 0.3) is 0 Å². The molecule has 0 radical (unpaired) electrons. The topological polar surface area (TPSA) is 63.4 Å². The number of sulfonamides is 1. The van der Waals surface area contributed by atoms with Crippen LogP contribution in [0.4, 0.5) is 13.2 Å². The Balaban J connectivity index is 0.00000176. The van der Waals surface area contributed by atoms with Crippen molar-refractivity contribution >= 4 is 22.4 Å². The normalized spacial score (nSPS) is 28.5. The van der Waals surface area contributed by atoms with Gasteiger partial charge in [-0.3, -0.25) is 0 Å². The first-order chi connectivity index (χ1) is 9.80. The number of halogens is 4. The minimum Gasteiger partial charge on any atom is -0.327 e. The third-order valence-corrected chi connectivity index (χ3v) is 6.32. The van der Waals surface area contributed by atoms with E-state index in [1.165, 1.54) is 0 Å². The van der Waals surface area contributed by atoms with Crippen molar-refractivity contribution in [3.8, 4) is 0 Å². The summed E-state index contributed by atoms with van der Waals surface area (Å²) in [5, 5.41) is 0. The first-order valence-electron chi connectivity index (χ1n) is 6.71. The molecule has 1 aromatic carbocycles. The molecule has 1 heterocycles. The van der Waals surface area contributed by atoms with Crippen molar-refractivity contribution in [1.82, 2.24) is 4.31 Å². The van der Waals surface area contributed by atoms with Gasteiger partial charge in [0, 0.05) is 31.3 Å². The van der Waals surface area contributed by atoms with Crippen molar-refractivity contribution in [1.29, 1.82) is 0 Å². The van der Waals surface area contributed by atoms with Gasteiger partial charge in [0.2, 0.25) is 10.0 Å². The van der Waals surface area contributed by atoms with Gasteiger partial charge in [-0.05, 0) is 24.7 Å².